The summed E-state index contributed by atoms with van der Waals surface area (Å²) in [5, 5.41) is 11.7. The van der Waals surface area contributed by atoms with Crippen molar-refractivity contribution in [3.63, 3.8) is 0 Å². The van der Waals surface area contributed by atoms with Gasteiger partial charge in [-0.05, 0) is 54.4 Å². The summed E-state index contributed by atoms with van der Waals surface area (Å²) in [5.74, 6) is -0.676. The zero-order valence-corrected chi connectivity index (χ0v) is 19.6. The van der Waals surface area contributed by atoms with Gasteiger partial charge in [-0.2, -0.15) is 0 Å². The van der Waals surface area contributed by atoms with E-state index in [1.54, 1.807) is 42.5 Å². The van der Waals surface area contributed by atoms with Crippen LogP contribution in [0.5, 0.6) is 11.5 Å². The molecule has 6 nitrogen and oxygen atoms in total. The summed E-state index contributed by atoms with van der Waals surface area (Å²) in [4.78, 5) is 27.8. The average Bonchev–Trinajstić information content (AvgIpc) is 3.10. The molecule has 0 bridgehead atoms. The van der Waals surface area contributed by atoms with E-state index in [0.29, 0.717) is 34.3 Å². The molecule has 1 N–H and O–H groups in total. The Kier molecular flexibility index (Phi) is 6.89. The highest BCUT2D eigenvalue weighted by atomic mass is 35.5. The van der Waals surface area contributed by atoms with E-state index in [9.17, 15) is 14.7 Å². The van der Waals surface area contributed by atoms with Crippen LogP contribution < -0.4 is 9.47 Å². The molecular formula is C27H24ClNO5. The molecule has 4 rings (SSSR count). The maximum Gasteiger partial charge on any atom is 0.295 e. The number of likely N-dealkylation sites (tertiary alicyclic amines) is 1. The Morgan fingerprint density at radius 3 is 2.35 bits per heavy atom. The SMILES string of the molecule is CCOc1ccc(C2/C(=C(\O)c3ccc(Cl)cc3)C(=O)C(=O)N2Cc2ccccc2)cc1OC. The number of hydrogen-bond acceptors (Lipinski definition) is 5. The molecule has 1 aliphatic rings. The Morgan fingerprint density at radius 1 is 1.00 bits per heavy atom. The minimum Gasteiger partial charge on any atom is -0.507 e. The predicted molar refractivity (Wildman–Crippen MR) is 130 cm³/mol. The van der Waals surface area contributed by atoms with Crippen LogP contribution in [0.1, 0.15) is 29.7 Å². The number of ketones is 1. The summed E-state index contributed by atoms with van der Waals surface area (Å²) in [6, 6.07) is 20.3. The van der Waals surface area contributed by atoms with Gasteiger partial charge in [0.1, 0.15) is 5.76 Å². The van der Waals surface area contributed by atoms with Gasteiger partial charge in [-0.1, -0.05) is 48.0 Å². The van der Waals surface area contributed by atoms with E-state index < -0.39 is 17.7 Å². The monoisotopic (exact) mass is 477 g/mol. The highest BCUT2D eigenvalue weighted by Crippen LogP contribution is 2.42. The van der Waals surface area contributed by atoms with Crippen molar-refractivity contribution >= 4 is 29.1 Å². The lowest BCUT2D eigenvalue weighted by atomic mass is 9.95. The third-order valence-electron chi connectivity index (χ3n) is 5.66. The van der Waals surface area contributed by atoms with Crippen molar-refractivity contribution in [3.05, 3.63) is 100 Å². The van der Waals surface area contributed by atoms with Crippen molar-refractivity contribution in [1.29, 1.82) is 0 Å². The first-order valence-corrected chi connectivity index (χ1v) is 11.2. The van der Waals surface area contributed by atoms with E-state index in [1.165, 1.54) is 12.0 Å². The molecule has 1 unspecified atom stereocenters. The first-order valence-electron chi connectivity index (χ1n) is 10.8. The summed E-state index contributed by atoms with van der Waals surface area (Å²) < 4.78 is 11.1. The summed E-state index contributed by atoms with van der Waals surface area (Å²) in [5.41, 5.74) is 1.88. The maximum absolute atomic E-state index is 13.2. The number of benzene rings is 3. The molecule has 174 valence electrons. The predicted octanol–water partition coefficient (Wildman–Crippen LogP) is 5.37. The summed E-state index contributed by atoms with van der Waals surface area (Å²) in [6.45, 7) is 2.52. The fourth-order valence-corrected chi connectivity index (χ4v) is 4.19. The van der Waals surface area contributed by atoms with Crippen molar-refractivity contribution in [2.24, 2.45) is 0 Å². The van der Waals surface area contributed by atoms with Gasteiger partial charge in [0.05, 0.1) is 25.3 Å². The van der Waals surface area contributed by atoms with Crippen molar-refractivity contribution in [2.75, 3.05) is 13.7 Å². The van der Waals surface area contributed by atoms with E-state index in [4.69, 9.17) is 21.1 Å². The van der Waals surface area contributed by atoms with Crippen LogP contribution >= 0.6 is 11.6 Å². The minimum absolute atomic E-state index is 0.00877. The summed E-state index contributed by atoms with van der Waals surface area (Å²) >= 11 is 5.99. The first kappa shape index (κ1) is 23.4. The molecule has 1 aliphatic heterocycles. The number of amides is 1. The lowest BCUT2D eigenvalue weighted by molar-refractivity contribution is -0.140. The molecule has 1 fully saturated rings. The summed E-state index contributed by atoms with van der Waals surface area (Å²) in [7, 11) is 1.52. The first-order chi connectivity index (χ1) is 16.4. The van der Waals surface area contributed by atoms with Crippen LogP contribution in [-0.4, -0.2) is 35.4 Å². The van der Waals surface area contributed by atoms with E-state index in [2.05, 4.69) is 0 Å². The molecule has 1 heterocycles. The molecule has 0 aliphatic carbocycles. The molecule has 3 aromatic rings. The zero-order valence-electron chi connectivity index (χ0n) is 18.8. The number of carbonyl (C=O) groups excluding carboxylic acids is 2. The van der Waals surface area contributed by atoms with Crippen molar-refractivity contribution in [3.8, 4) is 11.5 Å². The molecule has 1 amide bonds. The molecule has 1 atom stereocenters. The Labute approximate surface area is 203 Å². The number of ether oxygens (including phenoxy) is 2. The van der Waals surface area contributed by atoms with Crippen LogP contribution in [0.25, 0.3) is 5.76 Å². The number of halogens is 1. The van der Waals surface area contributed by atoms with Crippen LogP contribution in [-0.2, 0) is 16.1 Å². The van der Waals surface area contributed by atoms with Crippen LogP contribution in [0, 0.1) is 0 Å². The Bertz CT molecular complexity index is 1240. The number of rotatable bonds is 7. The molecule has 0 spiro atoms. The third-order valence-corrected chi connectivity index (χ3v) is 5.91. The average molecular weight is 478 g/mol. The van der Waals surface area contributed by atoms with E-state index >= 15 is 0 Å². The second-order valence-corrected chi connectivity index (χ2v) is 8.20. The standard InChI is InChI=1S/C27H24ClNO5/c1-3-34-21-14-11-19(15-22(21)33-2)24-23(25(30)18-9-12-20(28)13-10-18)26(31)27(32)29(24)16-17-7-5-4-6-8-17/h4-15,24,30H,3,16H2,1-2H3/b25-23+. The topological polar surface area (TPSA) is 76.1 Å². The van der Waals surface area contributed by atoms with Gasteiger partial charge < -0.3 is 19.5 Å². The largest absolute Gasteiger partial charge is 0.507 e. The second kappa shape index (κ2) is 10.0. The Morgan fingerprint density at radius 2 is 1.71 bits per heavy atom. The number of carbonyl (C=O) groups is 2. The van der Waals surface area contributed by atoms with Crippen molar-refractivity contribution in [1.82, 2.24) is 4.90 Å². The highest BCUT2D eigenvalue weighted by molar-refractivity contribution is 6.46. The molecule has 0 radical (unpaired) electrons. The van der Waals surface area contributed by atoms with Crippen LogP contribution in [0.4, 0.5) is 0 Å². The molecule has 0 aromatic heterocycles. The van der Waals surface area contributed by atoms with Gasteiger partial charge in [0, 0.05) is 17.1 Å². The van der Waals surface area contributed by atoms with Gasteiger partial charge in [-0.3, -0.25) is 9.59 Å². The van der Waals surface area contributed by atoms with Gasteiger partial charge in [-0.25, -0.2) is 0 Å². The molecule has 1 saturated heterocycles. The normalized spacial score (nSPS) is 17.1. The number of hydrogen-bond donors (Lipinski definition) is 1. The molecule has 7 heteroatoms. The number of nitrogens with zero attached hydrogens (tertiary/aromatic N) is 1. The van der Waals surface area contributed by atoms with Crippen LogP contribution in [0.2, 0.25) is 5.02 Å². The van der Waals surface area contributed by atoms with E-state index in [1.807, 2.05) is 37.3 Å². The van der Waals surface area contributed by atoms with E-state index in [-0.39, 0.29) is 17.9 Å². The third kappa shape index (κ3) is 4.50. The number of Topliss-reactive ketones (excluding diaryl/α,β-unsaturated/α-hetero) is 1. The number of aliphatic hydroxyl groups is 1. The summed E-state index contributed by atoms with van der Waals surface area (Å²) in [6.07, 6.45) is 0. The van der Waals surface area contributed by atoms with E-state index in [0.717, 1.165) is 5.56 Å². The number of methoxy groups -OCH3 is 1. The van der Waals surface area contributed by atoms with Gasteiger partial charge in [0.25, 0.3) is 11.7 Å². The lowest BCUT2D eigenvalue weighted by Gasteiger charge is -2.26. The van der Waals surface area contributed by atoms with Crippen molar-refractivity contribution < 1.29 is 24.2 Å². The van der Waals surface area contributed by atoms with Gasteiger partial charge in [-0.15, -0.1) is 0 Å². The van der Waals surface area contributed by atoms with Gasteiger partial charge >= 0.3 is 0 Å². The lowest BCUT2D eigenvalue weighted by Crippen LogP contribution is -2.29. The molecule has 3 aromatic carbocycles. The second-order valence-electron chi connectivity index (χ2n) is 7.76. The highest BCUT2D eigenvalue weighted by Gasteiger charge is 2.46. The minimum atomic E-state index is -0.819. The Balaban J connectivity index is 1.88. The van der Waals surface area contributed by atoms with Gasteiger partial charge in [0.15, 0.2) is 11.5 Å². The molecule has 0 saturated carbocycles. The fraction of sp³-hybridized carbons (Fsp3) is 0.185. The molecular weight excluding hydrogens is 454 g/mol. The van der Waals surface area contributed by atoms with Crippen LogP contribution in [0.3, 0.4) is 0 Å². The smallest absolute Gasteiger partial charge is 0.295 e. The number of aliphatic hydroxyl groups excluding tert-OH is 1. The quantitative estimate of drug-likeness (QED) is 0.281. The Hall–Kier alpha value is -3.77. The fourth-order valence-electron chi connectivity index (χ4n) is 4.06. The van der Waals surface area contributed by atoms with Crippen molar-refractivity contribution in [2.45, 2.75) is 19.5 Å². The zero-order chi connectivity index (χ0) is 24.2. The van der Waals surface area contributed by atoms with Gasteiger partial charge in [0.2, 0.25) is 0 Å². The molecule has 34 heavy (non-hydrogen) atoms. The maximum atomic E-state index is 13.2. The van der Waals surface area contributed by atoms with Crippen LogP contribution in [0.15, 0.2) is 78.4 Å².